The molecule has 2 heterocycles. The summed E-state index contributed by atoms with van der Waals surface area (Å²) in [5.74, 6) is -0.156. The van der Waals surface area contributed by atoms with E-state index in [1.165, 1.54) is 6.07 Å². The summed E-state index contributed by atoms with van der Waals surface area (Å²) >= 11 is 0. The van der Waals surface area contributed by atoms with Crippen LogP contribution in [0.25, 0.3) is 0 Å². The number of nitrogens with zero attached hydrogens (tertiary/aromatic N) is 4. The average molecular weight is 338 g/mol. The highest BCUT2D eigenvalue weighted by atomic mass is 19.4. The molecule has 3 rings (SSSR count). The predicted molar refractivity (Wildman–Crippen MR) is 79.9 cm³/mol. The summed E-state index contributed by atoms with van der Waals surface area (Å²) in [7, 11) is 0. The third kappa shape index (κ3) is 3.74. The van der Waals surface area contributed by atoms with Crippen molar-refractivity contribution in [2.45, 2.75) is 38.0 Å². The van der Waals surface area contributed by atoms with Crippen LogP contribution in [0.5, 0.6) is 0 Å². The summed E-state index contributed by atoms with van der Waals surface area (Å²) in [5, 5.41) is 7.64. The Balaban J connectivity index is 1.68. The van der Waals surface area contributed by atoms with E-state index in [0.29, 0.717) is 18.7 Å². The van der Waals surface area contributed by atoms with E-state index in [4.69, 9.17) is 0 Å². The summed E-state index contributed by atoms with van der Waals surface area (Å²) in [4.78, 5) is 14.3. The highest BCUT2D eigenvalue weighted by Gasteiger charge is 2.32. The number of alkyl halides is 3. The fourth-order valence-corrected chi connectivity index (χ4v) is 3.03. The number of rotatable bonds is 4. The second kappa shape index (κ2) is 6.62. The molecule has 0 radical (unpaired) electrons. The van der Waals surface area contributed by atoms with E-state index in [0.717, 1.165) is 25.0 Å². The van der Waals surface area contributed by atoms with Crippen molar-refractivity contribution in [1.82, 2.24) is 19.9 Å². The van der Waals surface area contributed by atoms with Crippen LogP contribution in [0.3, 0.4) is 0 Å². The van der Waals surface area contributed by atoms with Gasteiger partial charge in [-0.3, -0.25) is 9.48 Å². The lowest BCUT2D eigenvalue weighted by atomic mass is 10.1. The fraction of sp³-hybridized carbons (Fsp3) is 0.438. The van der Waals surface area contributed by atoms with E-state index in [1.54, 1.807) is 28.0 Å². The zero-order chi connectivity index (χ0) is 17.2. The van der Waals surface area contributed by atoms with Gasteiger partial charge in [0.1, 0.15) is 0 Å². The number of carbonyl (C=O) groups excluding carboxylic acids is 1. The van der Waals surface area contributed by atoms with E-state index in [1.807, 2.05) is 0 Å². The quantitative estimate of drug-likeness (QED) is 0.861. The number of halogens is 3. The van der Waals surface area contributed by atoms with Crippen molar-refractivity contribution in [2.75, 3.05) is 6.54 Å². The van der Waals surface area contributed by atoms with Gasteiger partial charge in [0, 0.05) is 12.7 Å². The van der Waals surface area contributed by atoms with Crippen molar-refractivity contribution in [2.24, 2.45) is 0 Å². The molecule has 0 aliphatic carbocycles. The Hall–Kier alpha value is -2.38. The average Bonchev–Trinajstić information content (AvgIpc) is 3.19. The largest absolute Gasteiger partial charge is 0.416 e. The lowest BCUT2D eigenvalue weighted by Gasteiger charge is -2.24. The van der Waals surface area contributed by atoms with Gasteiger partial charge in [0.2, 0.25) is 5.91 Å². The van der Waals surface area contributed by atoms with E-state index in [2.05, 4.69) is 10.3 Å². The molecule has 0 bridgehead atoms. The number of hydrogen-bond acceptors (Lipinski definition) is 3. The zero-order valence-electron chi connectivity index (χ0n) is 12.9. The molecular formula is C16H17F3N4O. The Bertz CT molecular complexity index is 700. The van der Waals surface area contributed by atoms with Crippen molar-refractivity contribution >= 4 is 5.91 Å². The van der Waals surface area contributed by atoms with Gasteiger partial charge in [0.15, 0.2) is 0 Å². The highest BCUT2D eigenvalue weighted by Crippen LogP contribution is 2.30. The van der Waals surface area contributed by atoms with E-state index in [-0.39, 0.29) is 18.4 Å². The Morgan fingerprint density at radius 2 is 2.17 bits per heavy atom. The molecule has 1 amide bonds. The number of carbonyl (C=O) groups is 1. The number of likely N-dealkylation sites (tertiary alicyclic amines) is 1. The molecule has 1 aliphatic heterocycles. The van der Waals surface area contributed by atoms with E-state index >= 15 is 0 Å². The molecule has 1 fully saturated rings. The molecule has 1 aromatic carbocycles. The Kier molecular flexibility index (Phi) is 4.55. The van der Waals surface area contributed by atoms with Crippen LogP contribution in [-0.2, 0) is 23.9 Å². The first-order chi connectivity index (χ1) is 11.4. The van der Waals surface area contributed by atoms with Crippen LogP contribution in [-0.4, -0.2) is 38.4 Å². The molecule has 2 aromatic rings. The molecule has 1 aromatic heterocycles. The number of hydrogen-bond donors (Lipinski definition) is 0. The van der Waals surface area contributed by atoms with E-state index < -0.39 is 11.7 Å². The Labute approximate surface area is 137 Å². The fourth-order valence-electron chi connectivity index (χ4n) is 3.03. The minimum Gasteiger partial charge on any atom is -0.338 e. The molecule has 128 valence electrons. The van der Waals surface area contributed by atoms with Crippen molar-refractivity contribution < 1.29 is 18.0 Å². The summed E-state index contributed by atoms with van der Waals surface area (Å²) in [6.45, 7) is 1.17. The van der Waals surface area contributed by atoms with Crippen molar-refractivity contribution in [3.63, 3.8) is 0 Å². The predicted octanol–water partition coefficient (Wildman–Crippen LogP) is 2.53. The molecule has 5 nitrogen and oxygen atoms in total. The maximum atomic E-state index is 12.8. The van der Waals surface area contributed by atoms with Crippen LogP contribution < -0.4 is 0 Å². The van der Waals surface area contributed by atoms with Gasteiger partial charge in [-0.15, -0.1) is 5.10 Å². The number of amides is 1. The standard InChI is InChI=1S/C16H17F3N4O/c17-16(18,19)13-4-1-3-12(9-13)10-15(24)23-7-2-5-14(23)11-22-8-6-20-21-22/h1,3-4,6,8-9,14H,2,5,7,10-11H2/t14-/m0/s1. The smallest absolute Gasteiger partial charge is 0.338 e. The monoisotopic (exact) mass is 338 g/mol. The molecule has 1 atom stereocenters. The lowest BCUT2D eigenvalue weighted by molar-refractivity contribution is -0.138. The SMILES string of the molecule is O=C(Cc1cccc(C(F)(F)F)c1)N1CCC[C@H]1Cn1ccnn1. The molecule has 1 saturated heterocycles. The van der Waals surface area contributed by atoms with Crippen LogP contribution in [0, 0.1) is 0 Å². The van der Waals surface area contributed by atoms with Crippen LogP contribution in [0.2, 0.25) is 0 Å². The van der Waals surface area contributed by atoms with E-state index in [9.17, 15) is 18.0 Å². The van der Waals surface area contributed by atoms with Crippen LogP contribution in [0.1, 0.15) is 24.0 Å². The van der Waals surface area contributed by atoms with Gasteiger partial charge in [-0.2, -0.15) is 13.2 Å². The summed E-state index contributed by atoms with van der Waals surface area (Å²) in [5.41, 5.74) is -0.352. The first-order valence-electron chi connectivity index (χ1n) is 7.73. The van der Waals surface area contributed by atoms with Crippen LogP contribution >= 0.6 is 0 Å². The summed E-state index contributed by atoms with van der Waals surface area (Å²) in [6, 6.07) is 4.94. The van der Waals surface area contributed by atoms with Gasteiger partial charge in [-0.1, -0.05) is 23.4 Å². The molecular weight excluding hydrogens is 321 g/mol. The normalized spacial score (nSPS) is 18.1. The van der Waals surface area contributed by atoms with Crippen LogP contribution in [0.4, 0.5) is 13.2 Å². The van der Waals surface area contributed by atoms with Gasteiger partial charge in [0.05, 0.1) is 30.8 Å². The third-order valence-corrected chi connectivity index (χ3v) is 4.18. The maximum Gasteiger partial charge on any atom is 0.416 e. The minimum atomic E-state index is -4.40. The third-order valence-electron chi connectivity index (χ3n) is 4.18. The molecule has 24 heavy (non-hydrogen) atoms. The number of aromatic nitrogens is 3. The highest BCUT2D eigenvalue weighted by molar-refractivity contribution is 5.79. The minimum absolute atomic E-state index is 0.00463. The first-order valence-corrected chi connectivity index (χ1v) is 7.73. The molecule has 1 aliphatic rings. The van der Waals surface area contributed by atoms with Gasteiger partial charge in [0.25, 0.3) is 0 Å². The summed E-state index contributed by atoms with van der Waals surface area (Å²) in [6.07, 6.45) is 0.611. The van der Waals surface area contributed by atoms with Crippen LogP contribution in [0.15, 0.2) is 36.7 Å². The molecule has 0 saturated carbocycles. The second-order valence-corrected chi connectivity index (χ2v) is 5.88. The summed E-state index contributed by atoms with van der Waals surface area (Å²) < 4.78 is 40.0. The van der Waals surface area contributed by atoms with Crippen molar-refractivity contribution in [3.8, 4) is 0 Å². The lowest BCUT2D eigenvalue weighted by Crippen LogP contribution is -2.39. The van der Waals surface area contributed by atoms with Gasteiger partial charge < -0.3 is 4.90 Å². The Morgan fingerprint density at radius 3 is 2.88 bits per heavy atom. The topological polar surface area (TPSA) is 51.0 Å². The van der Waals surface area contributed by atoms with Gasteiger partial charge >= 0.3 is 6.18 Å². The van der Waals surface area contributed by atoms with Crippen molar-refractivity contribution in [1.29, 1.82) is 0 Å². The second-order valence-electron chi connectivity index (χ2n) is 5.88. The molecule has 8 heteroatoms. The van der Waals surface area contributed by atoms with Crippen molar-refractivity contribution in [3.05, 3.63) is 47.8 Å². The first kappa shape index (κ1) is 16.5. The van der Waals surface area contributed by atoms with Gasteiger partial charge in [-0.05, 0) is 24.5 Å². The Morgan fingerprint density at radius 1 is 1.33 bits per heavy atom. The molecule has 0 spiro atoms. The zero-order valence-corrected chi connectivity index (χ0v) is 12.9. The maximum absolute atomic E-state index is 12.8. The number of benzene rings is 1. The molecule has 0 N–H and O–H groups in total. The van der Waals surface area contributed by atoms with Gasteiger partial charge in [-0.25, -0.2) is 0 Å². The molecule has 0 unspecified atom stereocenters.